The average Bonchev–Trinajstić information content (AvgIpc) is 3.30. The standard InChI is InChI=1S/C24H15BrN4O5/c25-15-4-2-5-16(11-15)28-23(31)19-18-9-13(12-26)7-8-27(18)21(20(19)24(28)32)22(30)14-3-1-6-17(10-14)29(33)34/h1-11,18-21H/t18-,19+,20-,21+/m1/s1. The number of nitro groups is 1. The zero-order valence-electron chi connectivity index (χ0n) is 17.4. The zero-order chi connectivity index (χ0) is 24.1. The van der Waals surface area contributed by atoms with E-state index in [4.69, 9.17) is 0 Å². The number of allylic oxidation sites excluding steroid dienone is 2. The first-order chi connectivity index (χ1) is 16.3. The second kappa shape index (κ2) is 8.04. The van der Waals surface area contributed by atoms with Crippen molar-refractivity contribution in [2.45, 2.75) is 12.1 Å². The maximum Gasteiger partial charge on any atom is 0.270 e. The molecule has 34 heavy (non-hydrogen) atoms. The first-order valence-electron chi connectivity index (χ1n) is 10.3. The summed E-state index contributed by atoms with van der Waals surface area (Å²) in [6, 6.07) is 12.4. The summed E-state index contributed by atoms with van der Waals surface area (Å²) in [4.78, 5) is 54.1. The van der Waals surface area contributed by atoms with Crippen LogP contribution in [0.4, 0.5) is 11.4 Å². The molecule has 2 fully saturated rings. The largest absolute Gasteiger partial charge is 0.359 e. The molecule has 0 radical (unpaired) electrons. The molecule has 10 heteroatoms. The summed E-state index contributed by atoms with van der Waals surface area (Å²) in [5.41, 5.74) is 0.526. The van der Waals surface area contributed by atoms with Gasteiger partial charge in [-0.05, 0) is 30.4 Å². The minimum absolute atomic E-state index is 0.0724. The third kappa shape index (κ3) is 3.24. The number of halogens is 1. The van der Waals surface area contributed by atoms with E-state index >= 15 is 0 Å². The topological polar surface area (TPSA) is 125 Å². The third-order valence-corrected chi connectivity index (χ3v) is 6.85. The summed E-state index contributed by atoms with van der Waals surface area (Å²) in [6.07, 6.45) is 4.66. The number of hydrogen-bond acceptors (Lipinski definition) is 7. The molecule has 2 amide bonds. The molecule has 0 N–H and O–H groups in total. The number of Topliss-reactive ketones (excluding diaryl/α,β-unsaturated/α-hetero) is 1. The molecule has 2 saturated heterocycles. The lowest BCUT2D eigenvalue weighted by molar-refractivity contribution is -0.384. The van der Waals surface area contributed by atoms with Gasteiger partial charge in [-0.3, -0.25) is 24.5 Å². The number of carbonyl (C=O) groups is 3. The molecule has 2 aromatic carbocycles. The Morgan fingerprint density at radius 3 is 2.53 bits per heavy atom. The Morgan fingerprint density at radius 2 is 1.82 bits per heavy atom. The molecule has 2 aromatic rings. The maximum absolute atomic E-state index is 13.6. The lowest BCUT2D eigenvalue weighted by Crippen LogP contribution is -2.46. The van der Waals surface area contributed by atoms with E-state index in [1.165, 1.54) is 30.3 Å². The van der Waals surface area contributed by atoms with Gasteiger partial charge in [0.2, 0.25) is 11.8 Å². The van der Waals surface area contributed by atoms with Gasteiger partial charge in [-0.25, -0.2) is 4.90 Å². The number of anilines is 1. The molecule has 0 unspecified atom stereocenters. The summed E-state index contributed by atoms with van der Waals surface area (Å²) < 4.78 is 0.681. The monoisotopic (exact) mass is 518 g/mol. The van der Waals surface area contributed by atoms with Crippen LogP contribution in [-0.4, -0.2) is 39.5 Å². The highest BCUT2D eigenvalue weighted by Gasteiger charge is 2.63. The van der Waals surface area contributed by atoms with Gasteiger partial charge in [0, 0.05) is 28.4 Å². The van der Waals surface area contributed by atoms with Crippen LogP contribution in [0.5, 0.6) is 0 Å². The van der Waals surface area contributed by atoms with Crippen LogP contribution in [-0.2, 0) is 9.59 Å². The SMILES string of the molecule is N#CC1=C[C@@H]2[C@@H]3C(=O)N(c4cccc(Br)c4)C(=O)[C@H]3[C@@H](C(=O)c3cccc([N+](=O)[O-])c3)N2C=C1. The highest BCUT2D eigenvalue weighted by Crippen LogP contribution is 2.47. The second-order valence-corrected chi connectivity index (χ2v) is 9.06. The molecule has 168 valence electrons. The number of rotatable bonds is 4. The zero-order valence-corrected chi connectivity index (χ0v) is 19.0. The Morgan fingerprint density at radius 1 is 1.09 bits per heavy atom. The number of amides is 2. The molecular weight excluding hydrogens is 504 g/mol. The van der Waals surface area contributed by atoms with Crippen LogP contribution in [0.3, 0.4) is 0 Å². The number of benzene rings is 2. The van der Waals surface area contributed by atoms with E-state index in [9.17, 15) is 29.8 Å². The molecule has 0 saturated carbocycles. The fourth-order valence-corrected chi connectivity index (χ4v) is 5.32. The molecule has 3 aliphatic rings. The highest BCUT2D eigenvalue weighted by molar-refractivity contribution is 9.10. The Kier molecular flexibility index (Phi) is 5.14. The van der Waals surface area contributed by atoms with Crippen LogP contribution in [0.2, 0.25) is 0 Å². The number of imide groups is 1. The smallest absolute Gasteiger partial charge is 0.270 e. The molecule has 3 heterocycles. The number of fused-ring (bicyclic) bond motifs is 3. The van der Waals surface area contributed by atoms with Crippen molar-refractivity contribution in [3.63, 3.8) is 0 Å². The normalized spacial score (nSPS) is 25.0. The van der Waals surface area contributed by atoms with Crippen molar-refractivity contribution in [1.29, 1.82) is 5.26 Å². The first kappa shape index (κ1) is 21.7. The number of hydrogen-bond donors (Lipinski definition) is 0. The van der Waals surface area contributed by atoms with Gasteiger partial charge in [0.25, 0.3) is 5.69 Å². The minimum atomic E-state index is -1.06. The van der Waals surface area contributed by atoms with Crippen LogP contribution in [0.15, 0.2) is 76.9 Å². The second-order valence-electron chi connectivity index (χ2n) is 8.15. The van der Waals surface area contributed by atoms with Crippen LogP contribution < -0.4 is 4.90 Å². The van der Waals surface area contributed by atoms with Gasteiger partial charge in [-0.15, -0.1) is 0 Å². The Hall–Kier alpha value is -4.10. The van der Waals surface area contributed by atoms with Crippen LogP contribution in [0.25, 0.3) is 0 Å². The van der Waals surface area contributed by atoms with Gasteiger partial charge < -0.3 is 4.90 Å². The number of nitriles is 1. The molecule has 0 bridgehead atoms. The molecule has 0 aromatic heterocycles. The lowest BCUT2D eigenvalue weighted by Gasteiger charge is -2.32. The maximum atomic E-state index is 13.6. The molecule has 4 atom stereocenters. The van der Waals surface area contributed by atoms with Crippen molar-refractivity contribution >= 4 is 44.9 Å². The highest BCUT2D eigenvalue weighted by atomic mass is 79.9. The van der Waals surface area contributed by atoms with E-state index in [1.54, 1.807) is 41.4 Å². The quantitative estimate of drug-likeness (QED) is 0.263. The molecule has 3 aliphatic heterocycles. The van der Waals surface area contributed by atoms with Gasteiger partial charge in [-0.2, -0.15) is 5.26 Å². The van der Waals surface area contributed by atoms with E-state index in [0.29, 0.717) is 15.7 Å². The summed E-state index contributed by atoms with van der Waals surface area (Å²) in [6.45, 7) is 0. The average molecular weight is 519 g/mol. The number of carbonyl (C=O) groups excluding carboxylic acids is 3. The van der Waals surface area contributed by atoms with Crippen LogP contribution in [0.1, 0.15) is 10.4 Å². The number of non-ortho nitro benzene ring substituents is 1. The fraction of sp³-hybridized carbons (Fsp3) is 0.167. The molecule has 5 rings (SSSR count). The number of nitrogens with zero attached hydrogens (tertiary/aromatic N) is 4. The van der Waals surface area contributed by atoms with E-state index in [0.717, 1.165) is 4.90 Å². The Labute approximate surface area is 201 Å². The van der Waals surface area contributed by atoms with Gasteiger partial charge >= 0.3 is 0 Å². The predicted molar refractivity (Wildman–Crippen MR) is 123 cm³/mol. The Balaban J connectivity index is 1.61. The van der Waals surface area contributed by atoms with Crippen molar-refractivity contribution in [3.8, 4) is 6.07 Å². The molecular formula is C24H15BrN4O5. The van der Waals surface area contributed by atoms with Crippen LogP contribution >= 0.6 is 15.9 Å². The minimum Gasteiger partial charge on any atom is -0.359 e. The van der Waals surface area contributed by atoms with E-state index in [-0.39, 0.29) is 11.3 Å². The van der Waals surface area contributed by atoms with Gasteiger partial charge in [0.05, 0.1) is 40.1 Å². The molecule has 9 nitrogen and oxygen atoms in total. The summed E-state index contributed by atoms with van der Waals surface area (Å²) in [7, 11) is 0. The van der Waals surface area contributed by atoms with Crippen molar-refractivity contribution in [3.05, 3.63) is 92.6 Å². The fourth-order valence-electron chi connectivity index (χ4n) is 4.93. The van der Waals surface area contributed by atoms with Gasteiger partial charge in [-0.1, -0.05) is 34.1 Å². The lowest BCUT2D eigenvalue weighted by atomic mass is 9.86. The van der Waals surface area contributed by atoms with Crippen molar-refractivity contribution in [2.75, 3.05) is 4.90 Å². The van der Waals surface area contributed by atoms with E-state index in [2.05, 4.69) is 15.9 Å². The van der Waals surface area contributed by atoms with Crippen molar-refractivity contribution in [1.82, 2.24) is 4.90 Å². The summed E-state index contributed by atoms with van der Waals surface area (Å²) >= 11 is 3.35. The van der Waals surface area contributed by atoms with Gasteiger partial charge in [0.1, 0.15) is 6.04 Å². The number of nitro benzene ring substituents is 1. The van der Waals surface area contributed by atoms with Crippen LogP contribution in [0, 0.1) is 33.3 Å². The number of ketones is 1. The van der Waals surface area contributed by atoms with E-state index < -0.39 is 46.4 Å². The van der Waals surface area contributed by atoms with Crippen molar-refractivity contribution < 1.29 is 19.3 Å². The Bertz CT molecular complexity index is 1380. The predicted octanol–water partition coefficient (Wildman–Crippen LogP) is 3.38. The van der Waals surface area contributed by atoms with Crippen molar-refractivity contribution in [2.24, 2.45) is 11.8 Å². The molecule has 0 aliphatic carbocycles. The van der Waals surface area contributed by atoms with Gasteiger partial charge in [0.15, 0.2) is 5.78 Å². The first-order valence-corrected chi connectivity index (χ1v) is 11.1. The summed E-state index contributed by atoms with van der Waals surface area (Å²) in [5, 5.41) is 20.6. The van der Waals surface area contributed by atoms with E-state index in [1.807, 2.05) is 6.07 Å². The molecule has 0 spiro atoms. The summed E-state index contributed by atoms with van der Waals surface area (Å²) in [5.74, 6) is -3.38. The third-order valence-electron chi connectivity index (χ3n) is 6.35.